The molecule has 0 radical (unpaired) electrons. The molecule has 3 aliphatic rings. The molecule has 1 fully saturated rings. The van der Waals surface area contributed by atoms with Crippen molar-refractivity contribution in [3.8, 4) is 0 Å². The van der Waals surface area contributed by atoms with Crippen molar-refractivity contribution < 1.29 is 14.4 Å². The summed E-state index contributed by atoms with van der Waals surface area (Å²) in [5.41, 5.74) is 11.4. The van der Waals surface area contributed by atoms with Gasteiger partial charge >= 0.3 is 0 Å². The fourth-order valence-electron chi connectivity index (χ4n) is 5.02. The average Bonchev–Trinajstić information content (AvgIpc) is 3.00. The molecule has 0 aromatic heterocycles. The quantitative estimate of drug-likeness (QED) is 0.740. The van der Waals surface area contributed by atoms with Crippen molar-refractivity contribution in [1.82, 2.24) is 10.2 Å². The summed E-state index contributed by atoms with van der Waals surface area (Å²) in [6.07, 6.45) is 2.51. The number of aryl methyl sites for hydroxylation is 1. The monoisotopic (exact) mass is 418 g/mol. The van der Waals surface area contributed by atoms with Crippen LogP contribution in [0.4, 0.5) is 5.69 Å². The normalized spacial score (nSPS) is 23.3. The second kappa shape index (κ2) is 7.81. The number of hydrogen-bond donors (Lipinski definition) is 2. The molecule has 0 aliphatic carbocycles. The Morgan fingerprint density at radius 2 is 1.77 bits per heavy atom. The number of benzene rings is 2. The third-order valence-electron chi connectivity index (χ3n) is 6.57. The van der Waals surface area contributed by atoms with Crippen LogP contribution in [0.2, 0.25) is 0 Å². The number of rotatable bonds is 3. The summed E-state index contributed by atoms with van der Waals surface area (Å²) < 4.78 is 0. The molecular weight excluding hydrogens is 392 g/mol. The van der Waals surface area contributed by atoms with E-state index in [0.717, 1.165) is 30.5 Å². The zero-order valence-electron chi connectivity index (χ0n) is 17.3. The van der Waals surface area contributed by atoms with Gasteiger partial charge in [-0.25, -0.2) is 0 Å². The molecule has 2 aromatic carbocycles. The Kier molecular flexibility index (Phi) is 4.98. The molecule has 0 spiro atoms. The first-order valence-corrected chi connectivity index (χ1v) is 10.8. The lowest BCUT2D eigenvalue weighted by Crippen LogP contribution is -2.52. The Labute approximate surface area is 181 Å². The highest BCUT2D eigenvalue weighted by Crippen LogP contribution is 2.33. The molecule has 31 heavy (non-hydrogen) atoms. The van der Waals surface area contributed by atoms with E-state index in [1.165, 1.54) is 11.3 Å². The highest BCUT2D eigenvalue weighted by atomic mass is 16.2. The molecule has 160 valence electrons. The number of para-hydroxylation sites is 1. The predicted octanol–water partition coefficient (Wildman–Crippen LogP) is 1.73. The lowest BCUT2D eigenvalue weighted by Gasteiger charge is -2.29. The highest BCUT2D eigenvalue weighted by molar-refractivity contribution is 6.06. The number of carbonyl (C=O) groups is 3. The molecule has 7 nitrogen and oxygen atoms in total. The minimum absolute atomic E-state index is 0.0693. The lowest BCUT2D eigenvalue weighted by atomic mass is 10.0. The summed E-state index contributed by atoms with van der Waals surface area (Å²) in [6.45, 7) is 1.71. The largest absolute Gasteiger partial charge is 0.365 e. The van der Waals surface area contributed by atoms with E-state index in [9.17, 15) is 14.4 Å². The van der Waals surface area contributed by atoms with Crippen molar-refractivity contribution in [3.05, 3.63) is 64.7 Å². The van der Waals surface area contributed by atoms with E-state index in [2.05, 4.69) is 28.4 Å². The molecule has 3 aliphatic heterocycles. The molecule has 5 rings (SSSR count). The van der Waals surface area contributed by atoms with Gasteiger partial charge in [0.25, 0.3) is 5.91 Å². The van der Waals surface area contributed by atoms with Gasteiger partial charge in [0.05, 0.1) is 0 Å². The Morgan fingerprint density at radius 3 is 2.61 bits per heavy atom. The molecule has 3 N–H and O–H groups in total. The van der Waals surface area contributed by atoms with E-state index in [1.807, 2.05) is 24.3 Å². The highest BCUT2D eigenvalue weighted by Gasteiger charge is 2.40. The fraction of sp³-hybridized carbons (Fsp3) is 0.375. The number of amides is 3. The molecule has 1 saturated heterocycles. The Bertz CT molecular complexity index is 1070. The summed E-state index contributed by atoms with van der Waals surface area (Å²) in [4.78, 5) is 41.1. The van der Waals surface area contributed by atoms with Crippen molar-refractivity contribution >= 4 is 23.4 Å². The van der Waals surface area contributed by atoms with Crippen LogP contribution < -0.4 is 16.0 Å². The van der Waals surface area contributed by atoms with Gasteiger partial charge in [-0.1, -0.05) is 36.4 Å². The van der Waals surface area contributed by atoms with Crippen LogP contribution in [0.3, 0.4) is 0 Å². The molecular formula is C24H26N4O3. The fourth-order valence-corrected chi connectivity index (χ4v) is 5.02. The maximum atomic E-state index is 13.4. The minimum Gasteiger partial charge on any atom is -0.365 e. The second-order valence-electron chi connectivity index (χ2n) is 8.66. The van der Waals surface area contributed by atoms with Crippen LogP contribution in [0, 0.1) is 0 Å². The third-order valence-corrected chi connectivity index (χ3v) is 6.57. The first-order chi connectivity index (χ1) is 15.0. The molecule has 2 aromatic rings. The SMILES string of the molecule is NC1CCc2ccccc2N(Cc2cccc3c2C(=O)N(C2CCC(=O)NC2=O)C3)C1. The molecule has 3 heterocycles. The molecule has 0 bridgehead atoms. The number of carbonyl (C=O) groups excluding carboxylic acids is 3. The van der Waals surface area contributed by atoms with E-state index in [0.29, 0.717) is 25.1 Å². The van der Waals surface area contributed by atoms with Gasteiger partial charge in [-0.3, -0.25) is 19.7 Å². The number of anilines is 1. The van der Waals surface area contributed by atoms with Crippen LogP contribution in [0.1, 0.15) is 46.3 Å². The van der Waals surface area contributed by atoms with Crippen molar-refractivity contribution in [1.29, 1.82) is 0 Å². The summed E-state index contributed by atoms with van der Waals surface area (Å²) in [7, 11) is 0. The van der Waals surface area contributed by atoms with Crippen molar-refractivity contribution in [2.45, 2.75) is 50.9 Å². The summed E-state index contributed by atoms with van der Waals surface area (Å²) >= 11 is 0. The number of imide groups is 1. The van der Waals surface area contributed by atoms with Gasteiger partial charge in [0.2, 0.25) is 11.8 Å². The van der Waals surface area contributed by atoms with Gasteiger partial charge in [0, 0.05) is 43.3 Å². The van der Waals surface area contributed by atoms with Gasteiger partial charge in [0.1, 0.15) is 6.04 Å². The molecule has 3 amide bonds. The van der Waals surface area contributed by atoms with Crippen molar-refractivity contribution in [3.63, 3.8) is 0 Å². The topological polar surface area (TPSA) is 95.7 Å². The van der Waals surface area contributed by atoms with E-state index in [4.69, 9.17) is 5.73 Å². The minimum atomic E-state index is -0.599. The molecule has 0 saturated carbocycles. The predicted molar refractivity (Wildman–Crippen MR) is 116 cm³/mol. The molecule has 2 unspecified atom stereocenters. The number of nitrogens with zero attached hydrogens (tertiary/aromatic N) is 2. The Hall–Kier alpha value is -3.19. The van der Waals surface area contributed by atoms with Gasteiger partial charge in [-0.05, 0) is 42.0 Å². The van der Waals surface area contributed by atoms with E-state index < -0.39 is 6.04 Å². The summed E-state index contributed by atoms with van der Waals surface area (Å²) in [5, 5.41) is 2.36. The van der Waals surface area contributed by atoms with Gasteiger partial charge in [-0.15, -0.1) is 0 Å². The number of hydrogen-bond acceptors (Lipinski definition) is 5. The van der Waals surface area contributed by atoms with Crippen LogP contribution in [0.15, 0.2) is 42.5 Å². The smallest absolute Gasteiger partial charge is 0.255 e. The van der Waals surface area contributed by atoms with Crippen LogP contribution >= 0.6 is 0 Å². The Morgan fingerprint density at radius 1 is 0.968 bits per heavy atom. The van der Waals surface area contributed by atoms with Gasteiger partial charge in [-0.2, -0.15) is 0 Å². The number of nitrogens with one attached hydrogen (secondary N) is 1. The number of fused-ring (bicyclic) bond motifs is 2. The van der Waals surface area contributed by atoms with E-state index >= 15 is 0 Å². The lowest BCUT2D eigenvalue weighted by molar-refractivity contribution is -0.136. The van der Waals surface area contributed by atoms with Gasteiger partial charge in [0.15, 0.2) is 0 Å². The second-order valence-corrected chi connectivity index (χ2v) is 8.66. The standard InChI is InChI=1S/C24H26N4O3/c25-18-9-8-15-4-1-2-7-19(15)27(14-18)12-16-5-3-6-17-13-28(24(31)22(16)17)20-10-11-21(29)26-23(20)30/h1-7,18,20H,8-14,25H2,(H,26,29,30). The average molecular weight is 418 g/mol. The first kappa shape index (κ1) is 19.8. The summed E-state index contributed by atoms with van der Waals surface area (Å²) in [6, 6.07) is 13.7. The molecule has 2 atom stereocenters. The maximum absolute atomic E-state index is 13.4. The molecule has 7 heteroatoms. The summed E-state index contributed by atoms with van der Waals surface area (Å²) in [5.74, 6) is -0.791. The maximum Gasteiger partial charge on any atom is 0.255 e. The zero-order valence-corrected chi connectivity index (χ0v) is 17.3. The van der Waals surface area contributed by atoms with Crippen LogP contribution in [-0.2, 0) is 29.1 Å². The number of piperidine rings is 1. The van der Waals surface area contributed by atoms with Crippen molar-refractivity contribution in [2.75, 3.05) is 11.4 Å². The number of nitrogens with two attached hydrogens (primary N) is 1. The van der Waals surface area contributed by atoms with Crippen molar-refractivity contribution in [2.24, 2.45) is 5.73 Å². The Balaban J connectivity index is 1.44. The van der Waals surface area contributed by atoms with Crippen LogP contribution in [-0.4, -0.2) is 41.2 Å². The van der Waals surface area contributed by atoms with E-state index in [1.54, 1.807) is 4.90 Å². The zero-order chi connectivity index (χ0) is 21.5. The third kappa shape index (κ3) is 3.59. The van der Waals surface area contributed by atoms with Crippen LogP contribution in [0.25, 0.3) is 0 Å². The van der Waals surface area contributed by atoms with E-state index in [-0.39, 0.29) is 30.2 Å². The first-order valence-electron chi connectivity index (χ1n) is 10.8. The van der Waals surface area contributed by atoms with Gasteiger partial charge < -0.3 is 15.5 Å². The van der Waals surface area contributed by atoms with Crippen LogP contribution in [0.5, 0.6) is 0 Å².